The van der Waals surface area contributed by atoms with E-state index in [9.17, 15) is 0 Å². The van der Waals surface area contributed by atoms with Crippen LogP contribution in [0.4, 0.5) is 5.69 Å². The number of aromatic nitrogens is 2. The molecular weight excluding hydrogens is 212 g/mol. The summed E-state index contributed by atoms with van der Waals surface area (Å²) < 4.78 is 0. The van der Waals surface area contributed by atoms with E-state index in [4.69, 9.17) is 5.73 Å². The molecule has 0 atom stereocenters. The molecule has 2 aromatic rings. The van der Waals surface area contributed by atoms with Gasteiger partial charge in [0.2, 0.25) is 0 Å². The van der Waals surface area contributed by atoms with E-state index in [-0.39, 0.29) is 0 Å². The highest BCUT2D eigenvalue weighted by Gasteiger charge is 2.04. The molecule has 0 aliphatic rings. The normalized spacial score (nSPS) is 10.9. The van der Waals surface area contributed by atoms with Crippen molar-refractivity contribution in [2.75, 3.05) is 12.8 Å². The molecule has 0 bridgehead atoms. The average molecular weight is 226 g/mol. The second kappa shape index (κ2) is 4.74. The van der Waals surface area contributed by atoms with Gasteiger partial charge in [-0.3, -0.25) is 15.0 Å². The molecule has 4 nitrogen and oxygen atoms in total. The summed E-state index contributed by atoms with van der Waals surface area (Å²) in [5.41, 5.74) is 10.1. The van der Waals surface area contributed by atoms with Gasteiger partial charge in [0.15, 0.2) is 0 Å². The van der Waals surface area contributed by atoms with Gasteiger partial charge in [0.25, 0.3) is 0 Å². The first kappa shape index (κ1) is 11.3. The van der Waals surface area contributed by atoms with E-state index < -0.39 is 0 Å². The van der Waals surface area contributed by atoms with Crippen LogP contribution in [0.2, 0.25) is 0 Å². The van der Waals surface area contributed by atoms with Gasteiger partial charge in [0.05, 0.1) is 23.3 Å². The highest BCUT2D eigenvalue weighted by Crippen LogP contribution is 2.18. The Balaban J connectivity index is 2.50. The monoisotopic (exact) mass is 226 g/mol. The third-order valence-electron chi connectivity index (χ3n) is 2.41. The SMILES string of the molecule is CN=Cc1cc(-c2cc(C)ccn2)ncc1N. The lowest BCUT2D eigenvalue weighted by atomic mass is 10.1. The molecule has 0 fully saturated rings. The fraction of sp³-hybridized carbons (Fsp3) is 0.154. The zero-order chi connectivity index (χ0) is 12.3. The fourth-order valence-corrected chi connectivity index (χ4v) is 1.55. The zero-order valence-electron chi connectivity index (χ0n) is 9.88. The third kappa shape index (κ3) is 2.47. The summed E-state index contributed by atoms with van der Waals surface area (Å²) in [7, 11) is 1.71. The largest absolute Gasteiger partial charge is 0.397 e. The highest BCUT2D eigenvalue weighted by molar-refractivity contribution is 5.88. The molecule has 2 rings (SSSR count). The van der Waals surface area contributed by atoms with E-state index in [0.717, 1.165) is 22.5 Å². The summed E-state index contributed by atoms with van der Waals surface area (Å²) in [6, 6.07) is 5.84. The third-order valence-corrected chi connectivity index (χ3v) is 2.41. The summed E-state index contributed by atoms with van der Waals surface area (Å²) in [5.74, 6) is 0. The van der Waals surface area contributed by atoms with Gasteiger partial charge in [-0.25, -0.2) is 0 Å². The molecule has 2 aromatic heterocycles. The van der Waals surface area contributed by atoms with E-state index >= 15 is 0 Å². The summed E-state index contributed by atoms with van der Waals surface area (Å²) in [6.07, 6.45) is 5.13. The molecule has 0 aliphatic heterocycles. The maximum absolute atomic E-state index is 5.81. The standard InChI is InChI=1S/C13H14N4/c1-9-3-4-16-12(5-9)13-6-10(7-15-2)11(14)8-17-13/h3-8H,14H2,1-2H3. The van der Waals surface area contributed by atoms with E-state index in [1.165, 1.54) is 0 Å². The van der Waals surface area contributed by atoms with Crippen LogP contribution in [0.3, 0.4) is 0 Å². The van der Waals surface area contributed by atoms with Gasteiger partial charge in [-0.1, -0.05) is 0 Å². The number of pyridine rings is 2. The van der Waals surface area contributed by atoms with Crippen LogP contribution in [0.5, 0.6) is 0 Å². The molecule has 4 heteroatoms. The van der Waals surface area contributed by atoms with Crippen molar-refractivity contribution in [2.45, 2.75) is 6.92 Å². The summed E-state index contributed by atoms with van der Waals surface area (Å²) in [4.78, 5) is 12.5. The molecule has 0 amide bonds. The first-order valence-electron chi connectivity index (χ1n) is 5.31. The van der Waals surface area contributed by atoms with Crippen LogP contribution >= 0.6 is 0 Å². The average Bonchev–Trinajstić information content (AvgIpc) is 2.32. The maximum Gasteiger partial charge on any atom is 0.0894 e. The number of hydrogen-bond acceptors (Lipinski definition) is 4. The Morgan fingerprint density at radius 1 is 1.24 bits per heavy atom. The van der Waals surface area contributed by atoms with Gasteiger partial charge in [0.1, 0.15) is 0 Å². The maximum atomic E-state index is 5.81. The number of nitrogens with two attached hydrogens (primary N) is 1. The number of nitrogen functional groups attached to an aromatic ring is 1. The van der Waals surface area contributed by atoms with Crippen LogP contribution in [0.25, 0.3) is 11.4 Å². The lowest BCUT2D eigenvalue weighted by Crippen LogP contribution is -1.97. The Labute approximate surface area is 100 Å². The summed E-state index contributed by atoms with van der Waals surface area (Å²) in [6.45, 7) is 2.02. The van der Waals surface area contributed by atoms with Crippen LogP contribution in [-0.4, -0.2) is 23.2 Å². The number of aryl methyl sites for hydroxylation is 1. The van der Waals surface area contributed by atoms with Crippen molar-refractivity contribution in [1.29, 1.82) is 0 Å². The van der Waals surface area contributed by atoms with E-state index in [2.05, 4.69) is 15.0 Å². The zero-order valence-corrected chi connectivity index (χ0v) is 9.88. The van der Waals surface area contributed by atoms with Crippen molar-refractivity contribution < 1.29 is 0 Å². The van der Waals surface area contributed by atoms with Crippen molar-refractivity contribution >= 4 is 11.9 Å². The predicted octanol–water partition coefficient (Wildman–Crippen LogP) is 2.08. The van der Waals surface area contributed by atoms with Crippen LogP contribution in [0, 0.1) is 6.92 Å². The van der Waals surface area contributed by atoms with Gasteiger partial charge in [-0.15, -0.1) is 0 Å². The molecule has 2 heterocycles. The van der Waals surface area contributed by atoms with E-state index in [0.29, 0.717) is 5.69 Å². The Bertz CT molecular complexity index is 561. The topological polar surface area (TPSA) is 64.2 Å². The minimum absolute atomic E-state index is 0.618. The quantitative estimate of drug-likeness (QED) is 0.797. The molecule has 0 aliphatic carbocycles. The Morgan fingerprint density at radius 3 is 2.71 bits per heavy atom. The van der Waals surface area contributed by atoms with Crippen LogP contribution in [0.1, 0.15) is 11.1 Å². The number of rotatable bonds is 2. The molecule has 0 saturated heterocycles. The van der Waals surface area contributed by atoms with Gasteiger partial charge in [0, 0.05) is 25.0 Å². The summed E-state index contributed by atoms with van der Waals surface area (Å²) >= 11 is 0. The molecule has 17 heavy (non-hydrogen) atoms. The Hall–Kier alpha value is -2.23. The molecule has 0 aromatic carbocycles. The van der Waals surface area contributed by atoms with Crippen LogP contribution < -0.4 is 5.73 Å². The highest BCUT2D eigenvalue weighted by atomic mass is 14.8. The number of aliphatic imine (C=N–C) groups is 1. The number of hydrogen-bond donors (Lipinski definition) is 1. The van der Waals surface area contributed by atoms with Crippen LogP contribution in [-0.2, 0) is 0 Å². The predicted molar refractivity (Wildman–Crippen MR) is 70.1 cm³/mol. The van der Waals surface area contributed by atoms with Crippen molar-refractivity contribution in [2.24, 2.45) is 4.99 Å². The first-order valence-corrected chi connectivity index (χ1v) is 5.31. The Kier molecular flexibility index (Phi) is 3.14. The van der Waals surface area contributed by atoms with E-state index in [1.54, 1.807) is 25.7 Å². The minimum Gasteiger partial charge on any atom is -0.397 e. The second-order valence-electron chi connectivity index (χ2n) is 3.80. The van der Waals surface area contributed by atoms with Crippen molar-refractivity contribution in [3.8, 4) is 11.4 Å². The van der Waals surface area contributed by atoms with Crippen molar-refractivity contribution in [3.05, 3.63) is 41.7 Å². The van der Waals surface area contributed by atoms with Gasteiger partial charge in [-0.05, 0) is 30.7 Å². The number of nitrogens with zero attached hydrogens (tertiary/aromatic N) is 3. The van der Waals surface area contributed by atoms with Crippen molar-refractivity contribution in [3.63, 3.8) is 0 Å². The molecular formula is C13H14N4. The second-order valence-corrected chi connectivity index (χ2v) is 3.80. The number of anilines is 1. The first-order chi connectivity index (χ1) is 8.20. The lowest BCUT2D eigenvalue weighted by Gasteiger charge is -2.04. The van der Waals surface area contributed by atoms with E-state index in [1.807, 2.05) is 25.1 Å². The molecule has 2 N–H and O–H groups in total. The van der Waals surface area contributed by atoms with Gasteiger partial charge >= 0.3 is 0 Å². The minimum atomic E-state index is 0.618. The van der Waals surface area contributed by atoms with Gasteiger partial charge in [-0.2, -0.15) is 0 Å². The molecule has 0 radical (unpaired) electrons. The summed E-state index contributed by atoms with van der Waals surface area (Å²) in [5, 5.41) is 0. The molecule has 0 unspecified atom stereocenters. The van der Waals surface area contributed by atoms with Crippen LogP contribution in [0.15, 0.2) is 35.6 Å². The molecule has 86 valence electrons. The van der Waals surface area contributed by atoms with Gasteiger partial charge < -0.3 is 5.73 Å². The Morgan fingerprint density at radius 2 is 2.00 bits per heavy atom. The molecule has 0 spiro atoms. The molecule has 0 saturated carbocycles. The lowest BCUT2D eigenvalue weighted by molar-refractivity contribution is 1.23. The van der Waals surface area contributed by atoms with Crippen molar-refractivity contribution in [1.82, 2.24) is 9.97 Å². The smallest absolute Gasteiger partial charge is 0.0894 e. The fourth-order valence-electron chi connectivity index (χ4n) is 1.55.